The van der Waals surface area contributed by atoms with E-state index in [0.29, 0.717) is 36.9 Å². The SMILES string of the molecule is COc1ccc(N(Cc2cncc(-c3cc(OC)c(OC)c(OC)c3)c2)C2CCN(C(=O)OC(C)(C)C)CC2)cc1. The molecule has 3 aromatic rings. The first-order chi connectivity index (χ1) is 19.6. The van der Waals surface area contributed by atoms with Gasteiger partial charge in [-0.2, -0.15) is 0 Å². The fourth-order valence-electron chi connectivity index (χ4n) is 5.07. The molecule has 220 valence electrons. The van der Waals surface area contributed by atoms with E-state index in [1.54, 1.807) is 33.3 Å². The van der Waals surface area contributed by atoms with Gasteiger partial charge in [0.2, 0.25) is 5.75 Å². The maximum Gasteiger partial charge on any atom is 0.410 e. The number of carbonyl (C=O) groups is 1. The molecule has 1 aliphatic heterocycles. The van der Waals surface area contributed by atoms with Gasteiger partial charge in [-0.1, -0.05) is 0 Å². The number of carbonyl (C=O) groups excluding carboxylic acids is 1. The Morgan fingerprint density at radius 1 is 0.878 bits per heavy atom. The van der Waals surface area contributed by atoms with Gasteiger partial charge in [-0.25, -0.2) is 4.79 Å². The number of piperidine rings is 1. The number of anilines is 1. The zero-order chi connectivity index (χ0) is 29.6. The van der Waals surface area contributed by atoms with Gasteiger partial charge in [-0.05, 0) is 87.2 Å². The van der Waals surface area contributed by atoms with E-state index in [2.05, 4.69) is 28.1 Å². The normalized spacial score (nSPS) is 13.9. The second kappa shape index (κ2) is 13.0. The zero-order valence-electron chi connectivity index (χ0n) is 25.1. The highest BCUT2D eigenvalue weighted by Gasteiger charge is 2.30. The second-order valence-electron chi connectivity index (χ2n) is 11.0. The summed E-state index contributed by atoms with van der Waals surface area (Å²) in [7, 11) is 6.47. The summed E-state index contributed by atoms with van der Waals surface area (Å²) in [6.07, 6.45) is 5.13. The lowest BCUT2D eigenvalue weighted by Crippen LogP contribution is -2.48. The van der Waals surface area contributed by atoms with Gasteiger partial charge in [0.25, 0.3) is 0 Å². The molecular formula is C32H41N3O6. The van der Waals surface area contributed by atoms with Crippen molar-refractivity contribution >= 4 is 11.8 Å². The Kier molecular flexibility index (Phi) is 9.47. The van der Waals surface area contributed by atoms with Crippen LogP contribution < -0.4 is 23.8 Å². The quantitative estimate of drug-likeness (QED) is 0.305. The molecule has 0 unspecified atom stereocenters. The van der Waals surface area contributed by atoms with Crippen molar-refractivity contribution in [3.8, 4) is 34.1 Å². The number of nitrogens with zero attached hydrogens (tertiary/aromatic N) is 3. The summed E-state index contributed by atoms with van der Waals surface area (Å²) in [5, 5.41) is 0. The first-order valence-corrected chi connectivity index (χ1v) is 13.8. The van der Waals surface area contributed by atoms with E-state index in [1.807, 2.05) is 57.4 Å². The molecule has 0 spiro atoms. The van der Waals surface area contributed by atoms with Crippen molar-refractivity contribution in [2.45, 2.75) is 51.8 Å². The van der Waals surface area contributed by atoms with Gasteiger partial charge in [-0.3, -0.25) is 4.98 Å². The molecule has 0 bridgehead atoms. The van der Waals surface area contributed by atoms with Crippen molar-refractivity contribution in [1.29, 1.82) is 0 Å². The molecule has 2 aromatic carbocycles. The maximum absolute atomic E-state index is 12.7. The summed E-state index contributed by atoms with van der Waals surface area (Å²) < 4.78 is 27.6. The van der Waals surface area contributed by atoms with Gasteiger partial charge in [0, 0.05) is 49.3 Å². The highest BCUT2D eigenvalue weighted by atomic mass is 16.6. The molecular weight excluding hydrogens is 522 g/mol. The molecule has 1 fully saturated rings. The monoisotopic (exact) mass is 563 g/mol. The number of methoxy groups -OCH3 is 4. The van der Waals surface area contributed by atoms with Crippen LogP contribution in [0, 0.1) is 0 Å². The van der Waals surface area contributed by atoms with E-state index in [0.717, 1.165) is 41.0 Å². The lowest BCUT2D eigenvalue weighted by atomic mass is 10.0. The first-order valence-electron chi connectivity index (χ1n) is 13.8. The molecule has 1 aliphatic rings. The van der Waals surface area contributed by atoms with Gasteiger partial charge < -0.3 is 33.5 Å². The number of likely N-dealkylation sites (tertiary alicyclic amines) is 1. The molecule has 1 saturated heterocycles. The van der Waals surface area contributed by atoms with Crippen LogP contribution in [0.3, 0.4) is 0 Å². The molecule has 4 rings (SSSR count). The van der Waals surface area contributed by atoms with Crippen LogP contribution >= 0.6 is 0 Å². The number of benzene rings is 2. The number of hydrogen-bond acceptors (Lipinski definition) is 8. The van der Waals surface area contributed by atoms with Crippen LogP contribution in [0.15, 0.2) is 54.9 Å². The van der Waals surface area contributed by atoms with E-state index in [1.165, 1.54) is 0 Å². The molecule has 9 heteroatoms. The average molecular weight is 564 g/mol. The largest absolute Gasteiger partial charge is 0.497 e. The van der Waals surface area contributed by atoms with Gasteiger partial charge >= 0.3 is 6.09 Å². The van der Waals surface area contributed by atoms with Crippen molar-refractivity contribution in [2.24, 2.45) is 0 Å². The summed E-state index contributed by atoms with van der Waals surface area (Å²) in [6.45, 7) is 7.59. The molecule has 2 heterocycles. The predicted molar refractivity (Wildman–Crippen MR) is 159 cm³/mol. The van der Waals surface area contributed by atoms with E-state index in [-0.39, 0.29) is 12.1 Å². The predicted octanol–water partition coefficient (Wildman–Crippen LogP) is 6.19. The van der Waals surface area contributed by atoms with E-state index in [4.69, 9.17) is 23.7 Å². The summed E-state index contributed by atoms with van der Waals surface area (Å²) in [4.78, 5) is 21.4. The lowest BCUT2D eigenvalue weighted by molar-refractivity contribution is 0.0204. The smallest absolute Gasteiger partial charge is 0.410 e. The Morgan fingerprint density at radius 3 is 2.05 bits per heavy atom. The van der Waals surface area contributed by atoms with E-state index < -0.39 is 5.60 Å². The molecule has 9 nitrogen and oxygen atoms in total. The van der Waals surface area contributed by atoms with Crippen LogP contribution in [0.2, 0.25) is 0 Å². The Morgan fingerprint density at radius 2 is 1.51 bits per heavy atom. The summed E-state index contributed by atoms with van der Waals surface area (Å²) in [6, 6.07) is 14.3. The summed E-state index contributed by atoms with van der Waals surface area (Å²) in [5.74, 6) is 2.53. The highest BCUT2D eigenvalue weighted by molar-refractivity contribution is 5.71. The first kappa shape index (κ1) is 29.8. The fourth-order valence-corrected chi connectivity index (χ4v) is 5.07. The van der Waals surface area contributed by atoms with Gasteiger partial charge in [-0.15, -0.1) is 0 Å². The van der Waals surface area contributed by atoms with Crippen molar-refractivity contribution in [3.05, 3.63) is 60.4 Å². The number of aromatic nitrogens is 1. The molecule has 1 amide bonds. The Bertz CT molecular complexity index is 1290. The Balaban J connectivity index is 1.60. The molecule has 0 radical (unpaired) electrons. The van der Waals surface area contributed by atoms with Crippen molar-refractivity contribution in [2.75, 3.05) is 46.4 Å². The van der Waals surface area contributed by atoms with Crippen molar-refractivity contribution < 1.29 is 28.5 Å². The number of amides is 1. The molecule has 41 heavy (non-hydrogen) atoms. The number of rotatable bonds is 9. The van der Waals surface area contributed by atoms with Crippen LogP contribution in [0.25, 0.3) is 11.1 Å². The number of hydrogen-bond donors (Lipinski definition) is 0. The summed E-state index contributed by atoms with van der Waals surface area (Å²) in [5.41, 5.74) is 3.48. The minimum Gasteiger partial charge on any atom is -0.497 e. The molecule has 0 atom stereocenters. The zero-order valence-corrected chi connectivity index (χ0v) is 25.1. The highest BCUT2D eigenvalue weighted by Crippen LogP contribution is 2.41. The molecule has 1 aromatic heterocycles. The van der Waals surface area contributed by atoms with Crippen LogP contribution in [0.1, 0.15) is 39.2 Å². The molecule has 0 aliphatic carbocycles. The van der Waals surface area contributed by atoms with Gasteiger partial charge in [0.05, 0.1) is 28.4 Å². The molecule has 0 saturated carbocycles. The van der Waals surface area contributed by atoms with Gasteiger partial charge in [0.1, 0.15) is 11.4 Å². The van der Waals surface area contributed by atoms with Crippen LogP contribution in [0.5, 0.6) is 23.0 Å². The van der Waals surface area contributed by atoms with Crippen molar-refractivity contribution in [3.63, 3.8) is 0 Å². The molecule has 0 N–H and O–H groups in total. The fraction of sp³-hybridized carbons (Fsp3) is 0.438. The average Bonchev–Trinajstić information content (AvgIpc) is 2.98. The third kappa shape index (κ3) is 7.34. The Labute approximate surface area is 242 Å². The van der Waals surface area contributed by atoms with Crippen LogP contribution in [-0.2, 0) is 11.3 Å². The second-order valence-corrected chi connectivity index (χ2v) is 11.0. The maximum atomic E-state index is 12.7. The van der Waals surface area contributed by atoms with Crippen LogP contribution in [0.4, 0.5) is 10.5 Å². The summed E-state index contributed by atoms with van der Waals surface area (Å²) >= 11 is 0. The topological polar surface area (TPSA) is 82.6 Å². The standard InChI is InChI=1S/C32H41N3O6/c1-32(2,3)41-31(36)34-14-12-26(13-15-34)35(25-8-10-27(37-4)11-9-25)21-22-16-24(20-33-19-22)23-17-28(38-5)30(40-7)29(18-23)39-6/h8-11,16-20,26H,12-15,21H2,1-7H3. The minimum atomic E-state index is -0.515. The number of pyridine rings is 1. The third-order valence-electron chi connectivity index (χ3n) is 7.11. The van der Waals surface area contributed by atoms with E-state index >= 15 is 0 Å². The van der Waals surface area contributed by atoms with Crippen LogP contribution in [-0.4, -0.2) is 69.1 Å². The number of ether oxygens (including phenoxy) is 5. The van der Waals surface area contributed by atoms with Gasteiger partial charge in [0.15, 0.2) is 11.5 Å². The minimum absolute atomic E-state index is 0.229. The van der Waals surface area contributed by atoms with Crippen molar-refractivity contribution in [1.82, 2.24) is 9.88 Å². The Hall–Kier alpha value is -4.14. The van der Waals surface area contributed by atoms with E-state index in [9.17, 15) is 4.79 Å². The lowest BCUT2D eigenvalue weighted by Gasteiger charge is -2.40. The third-order valence-corrected chi connectivity index (χ3v) is 7.11.